The lowest BCUT2D eigenvalue weighted by molar-refractivity contribution is -0.133. The molecule has 1 fully saturated rings. The van der Waals surface area contributed by atoms with Crippen LogP contribution in [0.15, 0.2) is 24.3 Å². The predicted molar refractivity (Wildman–Crippen MR) is 79.2 cm³/mol. The van der Waals surface area contributed by atoms with Crippen LogP contribution in [0.5, 0.6) is 0 Å². The standard InChI is InChI=1S/C15H19N3O3/c1-12(20)13-3-2-4-14(9-13)16-10-15(21)18-7-5-17(11-19)6-8-18/h2-4,9,11,16H,5-8,10H2,1H3. The average molecular weight is 289 g/mol. The number of rotatable bonds is 5. The summed E-state index contributed by atoms with van der Waals surface area (Å²) >= 11 is 0. The van der Waals surface area contributed by atoms with E-state index < -0.39 is 0 Å². The van der Waals surface area contributed by atoms with E-state index in [1.54, 1.807) is 28.0 Å². The molecule has 2 rings (SSSR count). The minimum Gasteiger partial charge on any atom is -0.376 e. The Labute approximate surface area is 123 Å². The van der Waals surface area contributed by atoms with E-state index in [0.29, 0.717) is 31.7 Å². The minimum atomic E-state index is -0.00576. The smallest absolute Gasteiger partial charge is 0.241 e. The molecule has 0 saturated carbocycles. The van der Waals surface area contributed by atoms with Crippen molar-refractivity contribution in [2.24, 2.45) is 0 Å². The van der Waals surface area contributed by atoms with Gasteiger partial charge in [0.15, 0.2) is 5.78 Å². The second-order valence-corrected chi connectivity index (χ2v) is 5.01. The van der Waals surface area contributed by atoms with Gasteiger partial charge < -0.3 is 15.1 Å². The number of carbonyl (C=O) groups excluding carboxylic acids is 3. The maximum absolute atomic E-state index is 12.1. The quantitative estimate of drug-likeness (QED) is 0.636. The van der Waals surface area contributed by atoms with Crippen molar-refractivity contribution < 1.29 is 14.4 Å². The van der Waals surface area contributed by atoms with Crippen molar-refractivity contribution >= 4 is 23.8 Å². The van der Waals surface area contributed by atoms with E-state index in [9.17, 15) is 14.4 Å². The highest BCUT2D eigenvalue weighted by atomic mass is 16.2. The van der Waals surface area contributed by atoms with Crippen molar-refractivity contribution in [3.05, 3.63) is 29.8 Å². The molecular formula is C15H19N3O3. The number of benzene rings is 1. The highest BCUT2D eigenvalue weighted by Gasteiger charge is 2.19. The molecule has 1 aliphatic rings. The van der Waals surface area contributed by atoms with E-state index in [1.165, 1.54) is 6.92 Å². The van der Waals surface area contributed by atoms with Gasteiger partial charge in [0.25, 0.3) is 0 Å². The first-order valence-electron chi connectivity index (χ1n) is 6.92. The van der Waals surface area contributed by atoms with Crippen LogP contribution in [0.2, 0.25) is 0 Å². The van der Waals surface area contributed by atoms with Gasteiger partial charge in [0.1, 0.15) is 0 Å². The predicted octanol–water partition coefficient (Wildman–Crippen LogP) is 0.602. The molecule has 0 radical (unpaired) electrons. The topological polar surface area (TPSA) is 69.7 Å². The van der Waals surface area contributed by atoms with Crippen molar-refractivity contribution in [3.63, 3.8) is 0 Å². The maximum Gasteiger partial charge on any atom is 0.241 e. The maximum atomic E-state index is 12.1. The van der Waals surface area contributed by atoms with Gasteiger partial charge in [-0.3, -0.25) is 14.4 Å². The Morgan fingerprint density at radius 3 is 2.57 bits per heavy atom. The molecule has 0 spiro atoms. The molecule has 0 unspecified atom stereocenters. The Morgan fingerprint density at radius 1 is 1.24 bits per heavy atom. The fourth-order valence-electron chi connectivity index (χ4n) is 2.21. The fraction of sp³-hybridized carbons (Fsp3) is 0.400. The summed E-state index contributed by atoms with van der Waals surface area (Å²) in [5.41, 5.74) is 1.37. The van der Waals surface area contributed by atoms with Gasteiger partial charge in [-0.15, -0.1) is 0 Å². The molecule has 1 saturated heterocycles. The molecule has 0 aliphatic carbocycles. The molecule has 21 heavy (non-hydrogen) atoms. The van der Waals surface area contributed by atoms with E-state index >= 15 is 0 Å². The van der Waals surface area contributed by atoms with E-state index in [1.807, 2.05) is 6.07 Å². The molecule has 2 amide bonds. The van der Waals surface area contributed by atoms with E-state index in [4.69, 9.17) is 0 Å². The summed E-state index contributed by atoms with van der Waals surface area (Å²) in [7, 11) is 0. The zero-order valence-corrected chi connectivity index (χ0v) is 12.0. The second kappa shape index (κ2) is 6.88. The first-order chi connectivity index (χ1) is 10.1. The number of piperazine rings is 1. The summed E-state index contributed by atoms with van der Waals surface area (Å²) in [6, 6.07) is 7.09. The van der Waals surface area contributed by atoms with Crippen LogP contribution in [0.4, 0.5) is 5.69 Å². The van der Waals surface area contributed by atoms with Crippen LogP contribution in [0.3, 0.4) is 0 Å². The van der Waals surface area contributed by atoms with Gasteiger partial charge in [-0.2, -0.15) is 0 Å². The lowest BCUT2D eigenvalue weighted by Crippen LogP contribution is -2.49. The Bertz CT molecular complexity index is 537. The monoisotopic (exact) mass is 289 g/mol. The van der Waals surface area contributed by atoms with Crippen molar-refractivity contribution in [1.29, 1.82) is 0 Å². The van der Waals surface area contributed by atoms with Crippen LogP contribution in [0, 0.1) is 0 Å². The number of amides is 2. The zero-order valence-electron chi connectivity index (χ0n) is 12.0. The van der Waals surface area contributed by atoms with Crippen molar-refractivity contribution in [2.45, 2.75) is 6.92 Å². The van der Waals surface area contributed by atoms with Crippen LogP contribution in [-0.2, 0) is 9.59 Å². The number of ketones is 1. The second-order valence-electron chi connectivity index (χ2n) is 5.01. The summed E-state index contributed by atoms with van der Waals surface area (Å²) in [5.74, 6) is -0.0104. The van der Waals surface area contributed by atoms with Crippen LogP contribution >= 0.6 is 0 Å². The summed E-state index contributed by atoms with van der Waals surface area (Å²) in [5, 5.41) is 3.04. The number of carbonyl (C=O) groups is 3. The van der Waals surface area contributed by atoms with E-state index in [-0.39, 0.29) is 18.2 Å². The number of anilines is 1. The number of hydrogen-bond acceptors (Lipinski definition) is 4. The van der Waals surface area contributed by atoms with Gasteiger partial charge in [-0.05, 0) is 19.1 Å². The van der Waals surface area contributed by atoms with Gasteiger partial charge in [0.2, 0.25) is 12.3 Å². The minimum absolute atomic E-state index is 0.00467. The third kappa shape index (κ3) is 4.05. The lowest BCUT2D eigenvalue weighted by atomic mass is 10.1. The third-order valence-electron chi connectivity index (χ3n) is 3.53. The Hall–Kier alpha value is -2.37. The third-order valence-corrected chi connectivity index (χ3v) is 3.53. The van der Waals surface area contributed by atoms with Crippen molar-refractivity contribution in [1.82, 2.24) is 9.80 Å². The fourth-order valence-corrected chi connectivity index (χ4v) is 2.21. The number of Topliss-reactive ketones (excluding diaryl/α,β-unsaturated/α-hetero) is 1. The van der Waals surface area contributed by atoms with Crippen LogP contribution in [-0.4, -0.2) is 60.6 Å². The number of hydrogen-bond donors (Lipinski definition) is 1. The average Bonchev–Trinajstić information content (AvgIpc) is 2.53. The Morgan fingerprint density at radius 2 is 1.95 bits per heavy atom. The van der Waals surface area contributed by atoms with Gasteiger partial charge >= 0.3 is 0 Å². The van der Waals surface area contributed by atoms with Crippen LogP contribution in [0.1, 0.15) is 17.3 Å². The van der Waals surface area contributed by atoms with Crippen molar-refractivity contribution in [3.8, 4) is 0 Å². The molecule has 1 aliphatic heterocycles. The SMILES string of the molecule is CC(=O)c1cccc(NCC(=O)N2CCN(C=O)CC2)c1. The summed E-state index contributed by atoms with van der Waals surface area (Å²) in [4.78, 5) is 37.4. The first kappa shape index (κ1) is 15.0. The number of nitrogens with one attached hydrogen (secondary N) is 1. The van der Waals surface area contributed by atoms with Gasteiger partial charge in [-0.25, -0.2) is 0 Å². The molecule has 112 valence electrons. The summed E-state index contributed by atoms with van der Waals surface area (Å²) < 4.78 is 0. The van der Waals surface area contributed by atoms with Gasteiger partial charge in [-0.1, -0.05) is 12.1 Å². The van der Waals surface area contributed by atoms with Crippen molar-refractivity contribution in [2.75, 3.05) is 38.0 Å². The highest BCUT2D eigenvalue weighted by molar-refractivity contribution is 5.95. The zero-order chi connectivity index (χ0) is 15.2. The summed E-state index contributed by atoms with van der Waals surface area (Å²) in [6.07, 6.45) is 0.813. The van der Waals surface area contributed by atoms with E-state index in [0.717, 1.165) is 12.1 Å². The Kier molecular flexibility index (Phi) is 4.92. The highest BCUT2D eigenvalue weighted by Crippen LogP contribution is 2.11. The van der Waals surface area contributed by atoms with Crippen LogP contribution < -0.4 is 5.32 Å². The summed E-state index contributed by atoms with van der Waals surface area (Å²) in [6.45, 7) is 3.98. The molecule has 6 heteroatoms. The van der Waals surface area contributed by atoms with Gasteiger partial charge in [0.05, 0.1) is 6.54 Å². The molecule has 0 atom stereocenters. The first-order valence-corrected chi connectivity index (χ1v) is 6.92. The molecule has 0 aromatic heterocycles. The van der Waals surface area contributed by atoms with Gasteiger partial charge in [0, 0.05) is 37.4 Å². The molecule has 1 heterocycles. The molecule has 0 bridgehead atoms. The van der Waals surface area contributed by atoms with E-state index in [2.05, 4.69) is 5.32 Å². The number of nitrogens with zero attached hydrogens (tertiary/aromatic N) is 2. The molecule has 1 N–H and O–H groups in total. The molecular weight excluding hydrogens is 270 g/mol. The molecule has 1 aromatic carbocycles. The normalized spacial score (nSPS) is 14.7. The largest absolute Gasteiger partial charge is 0.376 e. The molecule has 1 aromatic rings. The van der Waals surface area contributed by atoms with Crippen LogP contribution in [0.25, 0.3) is 0 Å². The molecule has 6 nitrogen and oxygen atoms in total. The lowest BCUT2D eigenvalue weighted by Gasteiger charge is -2.32. The Balaban J connectivity index is 1.85.